The van der Waals surface area contributed by atoms with Crippen LogP contribution in [0.2, 0.25) is 0 Å². The van der Waals surface area contributed by atoms with Crippen LogP contribution in [0, 0.1) is 5.92 Å². The number of rotatable bonds is 14. The number of carbonyl (C=O) groups excluding carboxylic acids is 1. The second kappa shape index (κ2) is 16.3. The van der Waals surface area contributed by atoms with Crippen molar-refractivity contribution in [1.82, 2.24) is 30.3 Å². The number of halogens is 1. The van der Waals surface area contributed by atoms with Crippen molar-refractivity contribution in [2.45, 2.75) is 78.7 Å². The molecule has 2 N–H and O–H groups in total. The van der Waals surface area contributed by atoms with Gasteiger partial charge in [-0.15, -0.1) is 34.2 Å². The molecule has 1 unspecified atom stereocenters. The summed E-state index contributed by atoms with van der Waals surface area (Å²) in [7, 11) is 0. The van der Waals surface area contributed by atoms with E-state index in [9.17, 15) is 4.79 Å². The number of hydrogen-bond donors (Lipinski definition) is 2. The molecule has 1 fully saturated rings. The minimum atomic E-state index is 0. The van der Waals surface area contributed by atoms with E-state index in [1.807, 2.05) is 4.90 Å². The van der Waals surface area contributed by atoms with Gasteiger partial charge >= 0.3 is 0 Å². The summed E-state index contributed by atoms with van der Waals surface area (Å²) in [6.45, 7) is 11.6. The average Bonchev–Trinajstić information content (AvgIpc) is 3.39. The Morgan fingerprint density at radius 2 is 2.00 bits per heavy atom. The Balaban J connectivity index is 0.00000480. The highest BCUT2D eigenvalue weighted by molar-refractivity contribution is 14.0. The molecule has 0 bridgehead atoms. The summed E-state index contributed by atoms with van der Waals surface area (Å²) in [5.74, 6) is 2.80. The topological polar surface area (TPSA) is 87.4 Å². The van der Waals surface area contributed by atoms with Gasteiger partial charge in [-0.3, -0.25) is 9.79 Å². The maximum absolute atomic E-state index is 11.8. The first-order valence-corrected chi connectivity index (χ1v) is 11.8. The Hall–Kier alpha value is -1.39. The standard InChI is InChI=1S/C22H41N7O.HI/c1-4-7-10-19(5-2)17-25-22(23-12-9-15-28-14-8-11-21(28)30)24-13-16-29-18-26-27-20(29)6-3;/h18-19H,4-17H2,1-3H3,(H2,23,24,25);1H. The fourth-order valence-corrected chi connectivity index (χ4v) is 3.76. The number of aliphatic imine (C=N–C) groups is 1. The zero-order valence-corrected chi connectivity index (χ0v) is 21.9. The molecule has 1 aromatic heterocycles. The number of guanidine groups is 1. The van der Waals surface area contributed by atoms with E-state index >= 15 is 0 Å². The molecule has 0 saturated carbocycles. The lowest BCUT2D eigenvalue weighted by Gasteiger charge is -2.18. The van der Waals surface area contributed by atoms with Gasteiger partial charge in [-0.2, -0.15) is 0 Å². The maximum Gasteiger partial charge on any atom is 0.222 e. The van der Waals surface area contributed by atoms with Crippen molar-refractivity contribution in [3.8, 4) is 0 Å². The molecule has 0 radical (unpaired) electrons. The van der Waals surface area contributed by atoms with E-state index in [0.717, 1.165) is 76.7 Å². The quantitative estimate of drug-likeness (QED) is 0.162. The Morgan fingerprint density at radius 1 is 1.19 bits per heavy atom. The molecule has 0 aliphatic carbocycles. The highest BCUT2D eigenvalue weighted by Gasteiger charge is 2.19. The number of carbonyl (C=O) groups is 1. The number of unbranched alkanes of at least 4 members (excludes halogenated alkanes) is 1. The molecule has 0 aromatic carbocycles. The molecule has 1 aromatic rings. The zero-order chi connectivity index (χ0) is 21.6. The number of aryl methyl sites for hydroxylation is 1. The molecule has 1 aliphatic heterocycles. The van der Waals surface area contributed by atoms with Crippen molar-refractivity contribution in [2.24, 2.45) is 10.9 Å². The smallest absolute Gasteiger partial charge is 0.222 e. The second-order valence-corrected chi connectivity index (χ2v) is 8.09. The molecular formula is C22H42IN7O. The normalized spacial score (nSPS) is 15.1. The van der Waals surface area contributed by atoms with Crippen LogP contribution >= 0.6 is 24.0 Å². The maximum atomic E-state index is 11.8. The Labute approximate surface area is 205 Å². The first-order chi connectivity index (χ1) is 14.7. The molecule has 1 atom stereocenters. The predicted octanol–water partition coefficient (Wildman–Crippen LogP) is 3.22. The fraction of sp³-hybridized carbons (Fsp3) is 0.818. The monoisotopic (exact) mass is 547 g/mol. The van der Waals surface area contributed by atoms with Gasteiger partial charge in [0.25, 0.3) is 0 Å². The van der Waals surface area contributed by atoms with Crippen LogP contribution in [0.1, 0.15) is 71.5 Å². The number of hydrogen-bond acceptors (Lipinski definition) is 4. The fourth-order valence-electron chi connectivity index (χ4n) is 3.76. The Kier molecular flexibility index (Phi) is 14.5. The van der Waals surface area contributed by atoms with Gasteiger partial charge in [0.15, 0.2) is 5.96 Å². The average molecular weight is 548 g/mol. The van der Waals surface area contributed by atoms with E-state index in [-0.39, 0.29) is 24.0 Å². The summed E-state index contributed by atoms with van der Waals surface area (Å²) in [5, 5.41) is 15.1. The van der Waals surface area contributed by atoms with Gasteiger partial charge in [-0.05, 0) is 25.2 Å². The summed E-state index contributed by atoms with van der Waals surface area (Å²) < 4.78 is 2.08. The van der Waals surface area contributed by atoms with E-state index in [1.54, 1.807) is 6.33 Å². The van der Waals surface area contributed by atoms with E-state index in [0.29, 0.717) is 18.2 Å². The largest absolute Gasteiger partial charge is 0.356 e. The minimum Gasteiger partial charge on any atom is -0.356 e. The molecule has 1 amide bonds. The third kappa shape index (κ3) is 10.2. The minimum absolute atomic E-state index is 0. The van der Waals surface area contributed by atoms with Crippen LogP contribution in [0.25, 0.3) is 0 Å². The van der Waals surface area contributed by atoms with Crippen molar-refractivity contribution >= 4 is 35.8 Å². The van der Waals surface area contributed by atoms with Crippen molar-refractivity contribution in [3.63, 3.8) is 0 Å². The van der Waals surface area contributed by atoms with Gasteiger partial charge in [0, 0.05) is 52.1 Å². The lowest BCUT2D eigenvalue weighted by Crippen LogP contribution is -2.40. The summed E-state index contributed by atoms with van der Waals surface area (Å²) >= 11 is 0. The lowest BCUT2D eigenvalue weighted by molar-refractivity contribution is -0.127. The number of aromatic nitrogens is 3. The Bertz CT molecular complexity index is 650. The molecule has 8 nitrogen and oxygen atoms in total. The van der Waals surface area contributed by atoms with Gasteiger partial charge in [-0.1, -0.05) is 40.0 Å². The van der Waals surface area contributed by atoms with Crippen LogP contribution < -0.4 is 10.6 Å². The highest BCUT2D eigenvalue weighted by atomic mass is 127. The van der Waals surface area contributed by atoms with Gasteiger partial charge < -0.3 is 20.1 Å². The zero-order valence-electron chi connectivity index (χ0n) is 19.6. The molecule has 2 rings (SSSR count). The third-order valence-electron chi connectivity index (χ3n) is 5.78. The van der Waals surface area contributed by atoms with Crippen LogP contribution in [0.4, 0.5) is 0 Å². The molecule has 2 heterocycles. The highest BCUT2D eigenvalue weighted by Crippen LogP contribution is 2.12. The van der Waals surface area contributed by atoms with Crippen molar-refractivity contribution in [1.29, 1.82) is 0 Å². The van der Waals surface area contributed by atoms with Gasteiger partial charge in [0.05, 0.1) is 0 Å². The molecule has 1 aliphatic rings. The molecule has 9 heteroatoms. The van der Waals surface area contributed by atoms with Crippen LogP contribution in [-0.2, 0) is 17.8 Å². The van der Waals surface area contributed by atoms with E-state index in [1.165, 1.54) is 19.3 Å². The van der Waals surface area contributed by atoms with Gasteiger partial charge in [-0.25, -0.2) is 0 Å². The van der Waals surface area contributed by atoms with Crippen LogP contribution in [0.3, 0.4) is 0 Å². The second-order valence-electron chi connectivity index (χ2n) is 8.09. The third-order valence-corrected chi connectivity index (χ3v) is 5.78. The molecule has 1 saturated heterocycles. The molecule has 31 heavy (non-hydrogen) atoms. The van der Waals surface area contributed by atoms with Crippen LogP contribution in [-0.4, -0.2) is 64.3 Å². The summed E-state index contributed by atoms with van der Waals surface area (Å²) in [6, 6.07) is 0. The predicted molar refractivity (Wildman–Crippen MR) is 137 cm³/mol. The number of nitrogens with one attached hydrogen (secondary N) is 2. The molecular weight excluding hydrogens is 505 g/mol. The SMILES string of the molecule is CCCCC(CC)CN=C(NCCCN1CCCC1=O)NCCn1cnnc1CC.I. The lowest BCUT2D eigenvalue weighted by atomic mass is 10.00. The van der Waals surface area contributed by atoms with E-state index in [4.69, 9.17) is 4.99 Å². The summed E-state index contributed by atoms with van der Waals surface area (Å²) in [5.41, 5.74) is 0. The molecule has 0 spiro atoms. The van der Waals surface area contributed by atoms with Crippen molar-refractivity contribution < 1.29 is 4.79 Å². The number of likely N-dealkylation sites (tertiary alicyclic amines) is 1. The van der Waals surface area contributed by atoms with Gasteiger partial charge in [0.2, 0.25) is 5.91 Å². The summed E-state index contributed by atoms with van der Waals surface area (Å²) in [4.78, 5) is 18.6. The van der Waals surface area contributed by atoms with E-state index < -0.39 is 0 Å². The van der Waals surface area contributed by atoms with Crippen LogP contribution in [0.15, 0.2) is 11.3 Å². The van der Waals surface area contributed by atoms with Crippen molar-refractivity contribution in [2.75, 3.05) is 32.7 Å². The Morgan fingerprint density at radius 3 is 2.68 bits per heavy atom. The van der Waals surface area contributed by atoms with E-state index in [2.05, 4.69) is 46.2 Å². The van der Waals surface area contributed by atoms with Crippen LogP contribution in [0.5, 0.6) is 0 Å². The number of amides is 1. The van der Waals surface area contributed by atoms with Gasteiger partial charge in [0.1, 0.15) is 12.2 Å². The first-order valence-electron chi connectivity index (χ1n) is 11.8. The van der Waals surface area contributed by atoms with Crippen molar-refractivity contribution in [3.05, 3.63) is 12.2 Å². The molecule has 178 valence electrons. The summed E-state index contributed by atoms with van der Waals surface area (Å²) in [6.07, 6.45) is 10.2. The number of nitrogens with zero attached hydrogens (tertiary/aromatic N) is 5. The first kappa shape index (κ1) is 27.6.